The molecule has 0 aliphatic carbocycles. The Morgan fingerprint density at radius 2 is 2.05 bits per heavy atom. The van der Waals surface area contributed by atoms with E-state index in [1.54, 1.807) is 19.1 Å². The standard InChI is InChI=1S/C14H14F3NO2/c1-3-7-12(20-4-2)10-8-5-6-9-11(10)18-13(19)14(15,16)17/h3,5-9H,1,4H2,2H3,(H,18,19)/b12-7+. The number of hydrogen-bond donors (Lipinski definition) is 1. The summed E-state index contributed by atoms with van der Waals surface area (Å²) in [6.45, 7) is 5.59. The van der Waals surface area contributed by atoms with Gasteiger partial charge in [-0.25, -0.2) is 0 Å². The molecule has 1 aromatic rings. The molecule has 0 saturated carbocycles. The molecular weight excluding hydrogens is 271 g/mol. The molecule has 1 N–H and O–H groups in total. The van der Waals surface area contributed by atoms with Crippen LogP contribution in [0.15, 0.2) is 43.0 Å². The highest BCUT2D eigenvalue weighted by Crippen LogP contribution is 2.27. The Kier molecular flexibility index (Phi) is 5.37. The van der Waals surface area contributed by atoms with E-state index < -0.39 is 12.1 Å². The number of ether oxygens (including phenoxy) is 1. The van der Waals surface area contributed by atoms with Crippen molar-refractivity contribution >= 4 is 17.4 Å². The van der Waals surface area contributed by atoms with Crippen molar-refractivity contribution in [2.45, 2.75) is 13.1 Å². The Labute approximate surface area is 114 Å². The van der Waals surface area contributed by atoms with Gasteiger partial charge in [0.1, 0.15) is 5.76 Å². The van der Waals surface area contributed by atoms with Gasteiger partial charge in [-0.3, -0.25) is 4.79 Å². The third kappa shape index (κ3) is 4.15. The third-order valence-electron chi connectivity index (χ3n) is 2.27. The number of carbonyl (C=O) groups is 1. The van der Waals surface area contributed by atoms with Gasteiger partial charge < -0.3 is 10.1 Å². The maximum absolute atomic E-state index is 12.3. The predicted octanol–water partition coefficient (Wildman–Crippen LogP) is 3.75. The number of halogens is 3. The number of hydrogen-bond acceptors (Lipinski definition) is 2. The van der Waals surface area contributed by atoms with Crippen molar-refractivity contribution in [1.82, 2.24) is 0 Å². The van der Waals surface area contributed by atoms with E-state index >= 15 is 0 Å². The Morgan fingerprint density at radius 3 is 2.60 bits per heavy atom. The molecule has 0 radical (unpaired) electrons. The molecule has 1 aromatic carbocycles. The summed E-state index contributed by atoms with van der Waals surface area (Å²) >= 11 is 0. The van der Waals surface area contributed by atoms with Gasteiger partial charge in [0.15, 0.2) is 0 Å². The van der Waals surface area contributed by atoms with Gasteiger partial charge in [-0.05, 0) is 25.1 Å². The molecule has 0 fully saturated rings. The second-order valence-electron chi connectivity index (χ2n) is 3.70. The highest BCUT2D eigenvalue weighted by Gasteiger charge is 2.39. The van der Waals surface area contributed by atoms with Crippen LogP contribution < -0.4 is 5.32 Å². The van der Waals surface area contributed by atoms with E-state index in [1.165, 1.54) is 24.3 Å². The number of alkyl halides is 3. The summed E-state index contributed by atoms with van der Waals surface area (Å²) in [6, 6.07) is 6.08. The first-order chi connectivity index (χ1) is 9.40. The van der Waals surface area contributed by atoms with Gasteiger partial charge in [0.2, 0.25) is 0 Å². The topological polar surface area (TPSA) is 38.3 Å². The number of anilines is 1. The molecule has 0 saturated heterocycles. The molecular formula is C14H14F3NO2. The first-order valence-electron chi connectivity index (χ1n) is 5.83. The van der Waals surface area contributed by atoms with Crippen LogP contribution in [-0.2, 0) is 9.53 Å². The van der Waals surface area contributed by atoms with Gasteiger partial charge in [0.25, 0.3) is 0 Å². The van der Waals surface area contributed by atoms with E-state index in [1.807, 2.05) is 5.32 Å². The first kappa shape index (κ1) is 15.8. The summed E-state index contributed by atoms with van der Waals surface area (Å²) < 4.78 is 42.2. The number of para-hydroxylation sites is 1. The fourth-order valence-corrected chi connectivity index (χ4v) is 1.48. The van der Waals surface area contributed by atoms with E-state index in [-0.39, 0.29) is 5.69 Å². The monoisotopic (exact) mass is 285 g/mol. The van der Waals surface area contributed by atoms with Crippen molar-refractivity contribution in [3.63, 3.8) is 0 Å². The maximum atomic E-state index is 12.3. The van der Waals surface area contributed by atoms with E-state index in [0.29, 0.717) is 17.9 Å². The lowest BCUT2D eigenvalue weighted by Crippen LogP contribution is -2.30. The van der Waals surface area contributed by atoms with Gasteiger partial charge >= 0.3 is 12.1 Å². The Bertz CT molecular complexity index is 521. The quantitative estimate of drug-likeness (QED) is 0.661. The van der Waals surface area contributed by atoms with Crippen LogP contribution >= 0.6 is 0 Å². The Morgan fingerprint density at radius 1 is 1.40 bits per heavy atom. The van der Waals surface area contributed by atoms with Gasteiger partial charge in [0.05, 0.1) is 12.3 Å². The summed E-state index contributed by atoms with van der Waals surface area (Å²) in [5.74, 6) is -1.69. The van der Waals surface area contributed by atoms with E-state index in [9.17, 15) is 18.0 Å². The summed E-state index contributed by atoms with van der Waals surface area (Å²) in [6.07, 6.45) is -1.98. The van der Waals surface area contributed by atoms with E-state index in [2.05, 4.69) is 6.58 Å². The van der Waals surface area contributed by atoms with Crippen molar-refractivity contribution in [3.05, 3.63) is 48.6 Å². The average Bonchev–Trinajstić information content (AvgIpc) is 2.38. The minimum atomic E-state index is -4.94. The fourth-order valence-electron chi connectivity index (χ4n) is 1.48. The summed E-state index contributed by atoms with van der Waals surface area (Å²) in [7, 11) is 0. The lowest BCUT2D eigenvalue weighted by atomic mass is 10.1. The average molecular weight is 285 g/mol. The van der Waals surface area contributed by atoms with Crippen LogP contribution in [0.2, 0.25) is 0 Å². The second kappa shape index (κ2) is 6.79. The van der Waals surface area contributed by atoms with Crippen LogP contribution in [0.1, 0.15) is 12.5 Å². The van der Waals surface area contributed by atoms with Crippen molar-refractivity contribution in [1.29, 1.82) is 0 Å². The summed E-state index contributed by atoms with van der Waals surface area (Å²) in [5, 5.41) is 1.83. The van der Waals surface area contributed by atoms with Crippen molar-refractivity contribution in [3.8, 4) is 0 Å². The third-order valence-corrected chi connectivity index (χ3v) is 2.27. The summed E-state index contributed by atoms with van der Waals surface area (Å²) in [4.78, 5) is 11.0. The molecule has 0 heterocycles. The zero-order chi connectivity index (χ0) is 15.2. The van der Waals surface area contributed by atoms with Crippen LogP contribution in [0, 0.1) is 0 Å². The van der Waals surface area contributed by atoms with Crippen LogP contribution in [0.25, 0.3) is 5.76 Å². The number of carbonyl (C=O) groups excluding carboxylic acids is 1. The molecule has 3 nitrogen and oxygen atoms in total. The Hall–Kier alpha value is -2.24. The molecule has 108 valence electrons. The van der Waals surface area contributed by atoms with Crippen LogP contribution in [0.4, 0.5) is 18.9 Å². The molecule has 0 unspecified atom stereocenters. The van der Waals surface area contributed by atoms with Crippen LogP contribution in [-0.4, -0.2) is 18.7 Å². The molecule has 0 aromatic heterocycles. The molecule has 6 heteroatoms. The largest absolute Gasteiger partial charge is 0.493 e. The zero-order valence-corrected chi connectivity index (χ0v) is 10.8. The second-order valence-corrected chi connectivity index (χ2v) is 3.70. The Balaban J connectivity index is 3.13. The number of nitrogens with one attached hydrogen (secondary N) is 1. The normalized spacial score (nSPS) is 11.9. The van der Waals surface area contributed by atoms with Crippen LogP contribution in [0.5, 0.6) is 0 Å². The minimum Gasteiger partial charge on any atom is -0.493 e. The molecule has 1 amide bonds. The van der Waals surface area contributed by atoms with Crippen molar-refractivity contribution in [2.24, 2.45) is 0 Å². The highest BCUT2D eigenvalue weighted by atomic mass is 19.4. The molecule has 0 bridgehead atoms. The maximum Gasteiger partial charge on any atom is 0.471 e. The van der Waals surface area contributed by atoms with Gasteiger partial charge in [-0.1, -0.05) is 24.8 Å². The fraction of sp³-hybridized carbons (Fsp3) is 0.214. The molecule has 0 aliphatic heterocycles. The lowest BCUT2D eigenvalue weighted by molar-refractivity contribution is -0.167. The van der Waals surface area contributed by atoms with Crippen molar-refractivity contribution < 1.29 is 22.7 Å². The molecule has 0 aliphatic rings. The number of amides is 1. The summed E-state index contributed by atoms with van der Waals surface area (Å²) in [5.41, 5.74) is 0.378. The van der Waals surface area contributed by atoms with E-state index in [0.717, 1.165) is 0 Å². The number of rotatable bonds is 5. The number of benzene rings is 1. The molecule has 0 atom stereocenters. The molecule has 0 spiro atoms. The van der Waals surface area contributed by atoms with E-state index in [4.69, 9.17) is 4.74 Å². The smallest absolute Gasteiger partial charge is 0.471 e. The molecule has 20 heavy (non-hydrogen) atoms. The molecule has 1 rings (SSSR count). The van der Waals surface area contributed by atoms with Crippen LogP contribution in [0.3, 0.4) is 0 Å². The number of allylic oxidation sites excluding steroid dienone is 2. The predicted molar refractivity (Wildman–Crippen MR) is 70.9 cm³/mol. The first-order valence-corrected chi connectivity index (χ1v) is 5.83. The van der Waals surface area contributed by atoms with Gasteiger partial charge in [-0.15, -0.1) is 0 Å². The lowest BCUT2D eigenvalue weighted by Gasteiger charge is -2.14. The highest BCUT2D eigenvalue weighted by molar-refractivity contribution is 5.97. The SMILES string of the molecule is C=C/C=C(/OCC)c1ccccc1NC(=O)C(F)(F)F. The minimum absolute atomic E-state index is 0.0244. The van der Waals surface area contributed by atoms with Crippen molar-refractivity contribution in [2.75, 3.05) is 11.9 Å². The van der Waals surface area contributed by atoms with Gasteiger partial charge in [0, 0.05) is 5.56 Å². The zero-order valence-electron chi connectivity index (χ0n) is 10.8. The van der Waals surface area contributed by atoms with Gasteiger partial charge in [-0.2, -0.15) is 13.2 Å².